The number of allylic oxidation sites excluding steroid dienone is 1. The molecule has 5 heavy (non-hydrogen) atoms. The zero-order valence-electron chi connectivity index (χ0n) is 2.85. The van der Waals surface area contributed by atoms with Gasteiger partial charge in [0.05, 0.1) is 0 Å². The van der Waals surface area contributed by atoms with Gasteiger partial charge in [0, 0.05) is 6.16 Å². The van der Waals surface area contributed by atoms with Crippen molar-refractivity contribution in [1.29, 1.82) is 0 Å². The van der Waals surface area contributed by atoms with Crippen molar-refractivity contribution < 1.29 is 0 Å². The molecule has 0 aliphatic heterocycles. The van der Waals surface area contributed by atoms with Crippen LogP contribution < -0.4 is 0 Å². The molecule has 0 rings (SSSR count). The third-order valence-electron chi connectivity index (χ3n) is 0.204. The molecule has 28 valence electrons. The van der Waals surface area contributed by atoms with Crippen molar-refractivity contribution >= 4 is 19.2 Å². The van der Waals surface area contributed by atoms with Crippen molar-refractivity contribution in [3.05, 3.63) is 12.7 Å². The van der Waals surface area contributed by atoms with E-state index >= 15 is 0 Å². The average Bonchev–Trinajstić information content (AvgIpc) is 1.41. The van der Waals surface area contributed by atoms with Crippen LogP contribution in [0.1, 0.15) is 0 Å². The SMILES string of the molecule is C=CCP=S. The topological polar surface area (TPSA) is 0 Å². The van der Waals surface area contributed by atoms with Gasteiger partial charge < -0.3 is 0 Å². The Morgan fingerprint density at radius 3 is 2.60 bits per heavy atom. The molecule has 0 aromatic carbocycles. The molecule has 0 saturated heterocycles. The molecule has 0 aromatic heterocycles. The minimum Gasteiger partial charge on any atom is -0.102 e. The summed E-state index contributed by atoms with van der Waals surface area (Å²) in [5, 5.41) is 0. The van der Waals surface area contributed by atoms with Crippen LogP contribution in [0.4, 0.5) is 0 Å². The van der Waals surface area contributed by atoms with E-state index < -0.39 is 0 Å². The minimum atomic E-state index is 0.940. The van der Waals surface area contributed by atoms with Crippen LogP contribution in [-0.4, -0.2) is 6.16 Å². The summed E-state index contributed by atoms with van der Waals surface area (Å²) in [6.45, 7) is 3.48. The molecular weight excluding hydrogens is 99.1 g/mol. The van der Waals surface area contributed by atoms with Crippen LogP contribution in [-0.2, 0) is 11.8 Å². The molecule has 0 N–H and O–H groups in total. The number of rotatable bonds is 2. The first-order chi connectivity index (χ1) is 2.41. The fraction of sp³-hybridized carbons (Fsp3) is 0.333. The van der Waals surface area contributed by atoms with Crippen molar-refractivity contribution in [1.82, 2.24) is 0 Å². The van der Waals surface area contributed by atoms with Gasteiger partial charge in [0.2, 0.25) is 0 Å². The summed E-state index contributed by atoms with van der Waals surface area (Å²) in [4.78, 5) is 0. The fourth-order valence-corrected chi connectivity index (χ4v) is 0.474. The Bertz CT molecular complexity index is 36.2. The third kappa shape index (κ3) is 4.26. The molecule has 0 heterocycles. The normalized spacial score (nSPS) is 8.00. The van der Waals surface area contributed by atoms with Gasteiger partial charge >= 0.3 is 0 Å². The highest BCUT2D eigenvalue weighted by atomic mass is 32.4. The van der Waals surface area contributed by atoms with Crippen LogP contribution in [0.5, 0.6) is 0 Å². The highest BCUT2D eigenvalue weighted by Crippen LogP contribution is 1.87. The highest BCUT2D eigenvalue weighted by Gasteiger charge is 1.56. The lowest BCUT2D eigenvalue weighted by Gasteiger charge is -1.61. The van der Waals surface area contributed by atoms with E-state index in [0.717, 1.165) is 13.5 Å². The fourth-order valence-electron chi connectivity index (χ4n) is 0.0527. The van der Waals surface area contributed by atoms with E-state index in [2.05, 4.69) is 18.4 Å². The molecule has 2 heteroatoms. The van der Waals surface area contributed by atoms with Crippen molar-refractivity contribution in [2.75, 3.05) is 6.16 Å². The summed E-state index contributed by atoms with van der Waals surface area (Å²) in [5.41, 5.74) is 0. The van der Waals surface area contributed by atoms with Crippen molar-refractivity contribution in [3.63, 3.8) is 0 Å². The molecule has 0 bridgehead atoms. The van der Waals surface area contributed by atoms with Gasteiger partial charge in [0.1, 0.15) is 0 Å². The predicted molar refractivity (Wildman–Crippen MR) is 29.3 cm³/mol. The van der Waals surface area contributed by atoms with Gasteiger partial charge in [0.25, 0.3) is 0 Å². The first-order valence-electron chi connectivity index (χ1n) is 1.32. The van der Waals surface area contributed by atoms with Crippen molar-refractivity contribution in [3.8, 4) is 0 Å². The second-order valence-corrected chi connectivity index (χ2v) is 2.00. The van der Waals surface area contributed by atoms with E-state index in [4.69, 9.17) is 0 Å². The standard InChI is InChI=1S/C3H5PS/c1-2-3-4-5/h2H,1,3H2. The zero-order valence-corrected chi connectivity index (χ0v) is 4.56. The van der Waals surface area contributed by atoms with E-state index in [1.807, 2.05) is 6.08 Å². The van der Waals surface area contributed by atoms with Gasteiger partial charge in [-0.05, 0) is 7.36 Å². The summed E-state index contributed by atoms with van der Waals surface area (Å²) in [5.74, 6) is 0. The van der Waals surface area contributed by atoms with E-state index in [9.17, 15) is 0 Å². The van der Waals surface area contributed by atoms with Gasteiger partial charge in [-0.15, -0.1) is 6.58 Å². The first-order valence-corrected chi connectivity index (χ1v) is 3.41. The van der Waals surface area contributed by atoms with Gasteiger partial charge in [-0.1, -0.05) is 17.9 Å². The molecule has 0 aliphatic rings. The molecule has 0 nitrogen and oxygen atoms in total. The molecule has 0 fully saturated rings. The molecule has 0 unspecified atom stereocenters. The van der Waals surface area contributed by atoms with E-state index in [1.165, 1.54) is 0 Å². The van der Waals surface area contributed by atoms with Crippen LogP contribution in [0.25, 0.3) is 0 Å². The lowest BCUT2D eigenvalue weighted by atomic mass is 10.8. The van der Waals surface area contributed by atoms with Crippen LogP contribution in [0.2, 0.25) is 0 Å². The Hall–Kier alpha value is 0.260. The maximum absolute atomic E-state index is 4.55. The Kier molecular flexibility index (Phi) is 4.48. The maximum atomic E-state index is 4.55. The van der Waals surface area contributed by atoms with E-state index in [1.54, 1.807) is 0 Å². The molecule has 0 amide bonds. The number of hydrogen-bond donors (Lipinski definition) is 0. The minimum absolute atomic E-state index is 0.940. The predicted octanol–water partition coefficient (Wildman–Crippen LogP) is 1.58. The van der Waals surface area contributed by atoms with Crippen LogP contribution in [0.15, 0.2) is 12.7 Å². The smallest absolute Gasteiger partial charge is 0.0176 e. The van der Waals surface area contributed by atoms with E-state index in [0.29, 0.717) is 0 Å². The van der Waals surface area contributed by atoms with E-state index in [-0.39, 0.29) is 0 Å². The van der Waals surface area contributed by atoms with Gasteiger partial charge in [0.15, 0.2) is 0 Å². The largest absolute Gasteiger partial charge is 0.102 e. The number of hydrogen-bond acceptors (Lipinski definition) is 1. The Labute approximate surface area is 38.7 Å². The second kappa shape index (κ2) is 4.26. The highest BCUT2D eigenvalue weighted by molar-refractivity contribution is 7.96. The molecule has 0 aliphatic carbocycles. The third-order valence-corrected chi connectivity index (χ3v) is 1.06. The van der Waals surface area contributed by atoms with Gasteiger partial charge in [-0.2, -0.15) is 0 Å². The summed E-state index contributed by atoms with van der Waals surface area (Å²) >= 11 is 4.55. The monoisotopic (exact) mass is 104 g/mol. The summed E-state index contributed by atoms with van der Waals surface area (Å²) in [7, 11) is 0.995. The van der Waals surface area contributed by atoms with Gasteiger partial charge in [-0.25, -0.2) is 0 Å². The Balaban J connectivity index is 2.65. The molecule has 0 atom stereocenters. The molecule has 0 aromatic rings. The molecule has 0 radical (unpaired) electrons. The zero-order chi connectivity index (χ0) is 4.12. The summed E-state index contributed by atoms with van der Waals surface area (Å²) in [6.07, 6.45) is 2.75. The molecule has 0 saturated carbocycles. The van der Waals surface area contributed by atoms with Crippen LogP contribution in [0, 0.1) is 0 Å². The maximum Gasteiger partial charge on any atom is 0.0176 e. The first kappa shape index (κ1) is 5.26. The summed E-state index contributed by atoms with van der Waals surface area (Å²) in [6, 6.07) is 0. The van der Waals surface area contributed by atoms with Gasteiger partial charge in [-0.3, -0.25) is 0 Å². The average molecular weight is 104 g/mol. The lowest BCUT2D eigenvalue weighted by molar-refractivity contribution is 1.83. The summed E-state index contributed by atoms with van der Waals surface area (Å²) < 4.78 is 0. The second-order valence-electron chi connectivity index (χ2n) is 0.600. The lowest BCUT2D eigenvalue weighted by Crippen LogP contribution is -1.47. The van der Waals surface area contributed by atoms with Crippen LogP contribution in [0.3, 0.4) is 0 Å². The van der Waals surface area contributed by atoms with Crippen molar-refractivity contribution in [2.24, 2.45) is 0 Å². The van der Waals surface area contributed by atoms with Crippen LogP contribution >= 0.6 is 7.36 Å². The molecule has 0 spiro atoms. The van der Waals surface area contributed by atoms with Crippen molar-refractivity contribution in [2.45, 2.75) is 0 Å². The quantitative estimate of drug-likeness (QED) is 0.378. The molecular formula is C3H5PS. The Morgan fingerprint density at radius 1 is 2.00 bits per heavy atom. The Morgan fingerprint density at radius 2 is 2.60 bits per heavy atom.